The number of hydrogen-bond acceptors (Lipinski definition) is 4. The van der Waals surface area contributed by atoms with Gasteiger partial charge in [-0.15, -0.1) is 0 Å². The van der Waals surface area contributed by atoms with Crippen molar-refractivity contribution in [3.63, 3.8) is 0 Å². The van der Waals surface area contributed by atoms with Gasteiger partial charge in [-0.25, -0.2) is 4.79 Å². The largest absolute Gasteiger partial charge is 0.395 e. The van der Waals surface area contributed by atoms with Gasteiger partial charge in [-0.2, -0.15) is 0 Å². The predicted molar refractivity (Wildman–Crippen MR) is 53.7 cm³/mol. The molecule has 1 fully saturated rings. The van der Waals surface area contributed by atoms with E-state index in [4.69, 9.17) is 5.11 Å². The van der Waals surface area contributed by atoms with Gasteiger partial charge in [0.2, 0.25) is 0 Å². The second-order valence-electron chi connectivity index (χ2n) is 3.70. The zero-order valence-electron chi connectivity index (χ0n) is 8.12. The topological polar surface area (TPSA) is 98.0 Å². The number of nitrogens with one attached hydrogen (secondary N) is 3. The van der Waals surface area contributed by atoms with Crippen LogP contribution in [-0.4, -0.2) is 27.7 Å². The molecule has 0 saturated carbocycles. The molecule has 6 nitrogen and oxygen atoms in total. The van der Waals surface area contributed by atoms with E-state index in [0.29, 0.717) is 5.56 Å². The average Bonchev–Trinajstić information content (AvgIpc) is 2.66. The third-order valence-corrected chi connectivity index (χ3v) is 2.68. The van der Waals surface area contributed by atoms with E-state index in [1.54, 1.807) is 0 Å². The van der Waals surface area contributed by atoms with Gasteiger partial charge in [0.15, 0.2) is 0 Å². The second-order valence-corrected chi connectivity index (χ2v) is 3.70. The average molecular weight is 211 g/mol. The molecular weight excluding hydrogens is 198 g/mol. The molecule has 1 saturated heterocycles. The first-order valence-electron chi connectivity index (χ1n) is 4.89. The van der Waals surface area contributed by atoms with Crippen LogP contribution in [0.25, 0.3) is 0 Å². The van der Waals surface area contributed by atoms with Crippen LogP contribution in [0.2, 0.25) is 0 Å². The molecule has 0 bridgehead atoms. The zero-order chi connectivity index (χ0) is 10.8. The van der Waals surface area contributed by atoms with Gasteiger partial charge in [0.25, 0.3) is 5.56 Å². The Kier molecular flexibility index (Phi) is 2.70. The highest BCUT2D eigenvalue weighted by molar-refractivity contribution is 5.12. The molecule has 1 aromatic heterocycles. The van der Waals surface area contributed by atoms with Crippen molar-refractivity contribution < 1.29 is 5.11 Å². The lowest BCUT2D eigenvalue weighted by molar-refractivity contribution is 0.251. The number of aromatic nitrogens is 2. The van der Waals surface area contributed by atoms with Crippen LogP contribution in [0.5, 0.6) is 0 Å². The summed E-state index contributed by atoms with van der Waals surface area (Å²) in [6.07, 6.45) is 3.05. The Morgan fingerprint density at radius 1 is 1.40 bits per heavy atom. The molecule has 0 radical (unpaired) electrons. The van der Waals surface area contributed by atoms with Crippen LogP contribution in [0.15, 0.2) is 15.8 Å². The fourth-order valence-electron chi connectivity index (χ4n) is 1.89. The standard InChI is InChI=1S/C9H13N3O3/c13-4-5-1-2-7(11-5)6-3-10-9(15)12-8(6)14/h3,5,7,11,13H,1-2,4H2,(H2,10,12,14,15)/t5-,7-/m0/s1. The van der Waals surface area contributed by atoms with Gasteiger partial charge in [0, 0.05) is 18.3 Å². The van der Waals surface area contributed by atoms with E-state index >= 15 is 0 Å². The van der Waals surface area contributed by atoms with Gasteiger partial charge < -0.3 is 15.4 Å². The van der Waals surface area contributed by atoms with Crippen molar-refractivity contribution in [3.05, 3.63) is 32.6 Å². The molecule has 15 heavy (non-hydrogen) atoms. The summed E-state index contributed by atoms with van der Waals surface area (Å²) in [4.78, 5) is 26.9. The van der Waals surface area contributed by atoms with Gasteiger partial charge in [-0.1, -0.05) is 0 Å². The number of aliphatic hydroxyl groups is 1. The van der Waals surface area contributed by atoms with Crippen LogP contribution in [0.4, 0.5) is 0 Å². The summed E-state index contributed by atoms with van der Waals surface area (Å²) in [5.74, 6) is 0. The normalized spacial score (nSPS) is 25.7. The van der Waals surface area contributed by atoms with E-state index in [0.717, 1.165) is 12.8 Å². The maximum atomic E-state index is 11.4. The number of aromatic amines is 2. The first kappa shape index (κ1) is 10.1. The van der Waals surface area contributed by atoms with Crippen molar-refractivity contribution >= 4 is 0 Å². The lowest BCUT2D eigenvalue weighted by Gasteiger charge is -2.11. The van der Waals surface area contributed by atoms with E-state index in [9.17, 15) is 9.59 Å². The van der Waals surface area contributed by atoms with Crippen LogP contribution < -0.4 is 16.6 Å². The Bertz CT molecular complexity index is 450. The molecule has 0 spiro atoms. The molecular formula is C9H13N3O3. The summed E-state index contributed by atoms with van der Waals surface area (Å²) < 4.78 is 0. The summed E-state index contributed by atoms with van der Waals surface area (Å²) in [6, 6.07) is -0.0379. The van der Waals surface area contributed by atoms with Gasteiger partial charge in [0.05, 0.1) is 12.2 Å². The van der Waals surface area contributed by atoms with Crippen LogP contribution in [-0.2, 0) is 0 Å². The Balaban J connectivity index is 2.24. The van der Waals surface area contributed by atoms with Gasteiger partial charge in [-0.05, 0) is 12.8 Å². The molecule has 0 aromatic carbocycles. The fourth-order valence-corrected chi connectivity index (χ4v) is 1.89. The number of hydrogen-bond donors (Lipinski definition) is 4. The van der Waals surface area contributed by atoms with Crippen molar-refractivity contribution in [3.8, 4) is 0 Å². The van der Waals surface area contributed by atoms with Crippen LogP contribution in [0, 0.1) is 0 Å². The molecule has 2 rings (SSSR count). The molecule has 1 aliphatic rings. The van der Waals surface area contributed by atoms with Crippen molar-refractivity contribution in [1.82, 2.24) is 15.3 Å². The van der Waals surface area contributed by atoms with Gasteiger partial charge in [-0.3, -0.25) is 9.78 Å². The maximum Gasteiger partial charge on any atom is 0.325 e. The number of rotatable bonds is 2. The van der Waals surface area contributed by atoms with E-state index in [2.05, 4.69) is 15.3 Å². The molecule has 6 heteroatoms. The summed E-state index contributed by atoms with van der Waals surface area (Å²) >= 11 is 0. The molecule has 0 aliphatic carbocycles. The SMILES string of the molecule is O=c1[nH]cc([C@@H]2CC[C@@H](CO)N2)c(=O)[nH]1. The van der Waals surface area contributed by atoms with E-state index in [1.807, 2.05) is 0 Å². The van der Waals surface area contributed by atoms with Crippen molar-refractivity contribution in [2.45, 2.75) is 24.9 Å². The van der Waals surface area contributed by atoms with E-state index in [-0.39, 0.29) is 24.2 Å². The Hall–Kier alpha value is -1.40. The fraction of sp³-hybridized carbons (Fsp3) is 0.556. The Labute approximate surface area is 85.4 Å². The molecule has 2 heterocycles. The number of aliphatic hydroxyl groups excluding tert-OH is 1. The third-order valence-electron chi connectivity index (χ3n) is 2.68. The van der Waals surface area contributed by atoms with Crippen molar-refractivity contribution in [2.24, 2.45) is 0 Å². The molecule has 4 N–H and O–H groups in total. The highest BCUT2D eigenvalue weighted by Gasteiger charge is 2.26. The van der Waals surface area contributed by atoms with Crippen LogP contribution in [0.1, 0.15) is 24.4 Å². The lowest BCUT2D eigenvalue weighted by atomic mass is 10.1. The molecule has 82 valence electrons. The maximum absolute atomic E-state index is 11.4. The summed E-state index contributed by atoms with van der Waals surface area (Å²) in [6.45, 7) is 0.0672. The number of H-pyrrole nitrogens is 2. The quantitative estimate of drug-likeness (QED) is 0.496. The summed E-state index contributed by atoms with van der Waals surface area (Å²) in [7, 11) is 0. The monoisotopic (exact) mass is 211 g/mol. The van der Waals surface area contributed by atoms with Crippen molar-refractivity contribution in [1.29, 1.82) is 0 Å². The summed E-state index contributed by atoms with van der Waals surface area (Å²) in [5.41, 5.74) is -0.346. The predicted octanol–water partition coefficient (Wildman–Crippen LogP) is -1.15. The van der Waals surface area contributed by atoms with E-state index < -0.39 is 5.69 Å². The molecule has 2 atom stereocenters. The van der Waals surface area contributed by atoms with Crippen molar-refractivity contribution in [2.75, 3.05) is 6.61 Å². The van der Waals surface area contributed by atoms with Gasteiger partial charge >= 0.3 is 5.69 Å². The first-order valence-corrected chi connectivity index (χ1v) is 4.89. The van der Waals surface area contributed by atoms with Crippen LogP contribution in [0.3, 0.4) is 0 Å². The zero-order valence-corrected chi connectivity index (χ0v) is 8.12. The molecule has 1 aromatic rings. The van der Waals surface area contributed by atoms with Crippen LogP contribution >= 0.6 is 0 Å². The minimum absolute atomic E-state index is 0.0429. The Morgan fingerprint density at radius 3 is 2.80 bits per heavy atom. The third kappa shape index (κ3) is 2.00. The smallest absolute Gasteiger partial charge is 0.325 e. The minimum Gasteiger partial charge on any atom is -0.395 e. The highest BCUT2D eigenvalue weighted by Crippen LogP contribution is 2.23. The first-order chi connectivity index (χ1) is 7.20. The second kappa shape index (κ2) is 4.00. The minimum atomic E-state index is -0.500. The summed E-state index contributed by atoms with van der Waals surface area (Å²) in [5, 5.41) is 12.1. The van der Waals surface area contributed by atoms with Gasteiger partial charge in [0.1, 0.15) is 0 Å². The Morgan fingerprint density at radius 2 is 2.20 bits per heavy atom. The highest BCUT2D eigenvalue weighted by atomic mass is 16.3. The lowest BCUT2D eigenvalue weighted by Crippen LogP contribution is -2.32. The molecule has 0 amide bonds. The molecule has 1 aliphatic heterocycles. The molecule has 0 unspecified atom stereocenters. The van der Waals surface area contributed by atoms with E-state index in [1.165, 1.54) is 6.20 Å².